The molecule has 0 saturated carbocycles. The second-order valence-corrected chi connectivity index (χ2v) is 4.95. The third kappa shape index (κ3) is 4.44. The number of nitro benzene ring substituents is 1. The van der Waals surface area contributed by atoms with Crippen LogP contribution in [0.5, 0.6) is 0 Å². The van der Waals surface area contributed by atoms with Crippen LogP contribution in [-0.2, 0) is 9.53 Å². The van der Waals surface area contributed by atoms with Crippen LogP contribution in [0.4, 0.5) is 11.4 Å². The fourth-order valence-corrected chi connectivity index (χ4v) is 1.71. The SMILES string of the molecule is CNc1ccc(C(=O)O[C@H](C)C(=O)NC(C)C)cc1[N+](=O)[O-]. The number of nitro groups is 1. The second kappa shape index (κ2) is 7.39. The Kier molecular flexibility index (Phi) is 5.85. The van der Waals surface area contributed by atoms with Crippen LogP contribution in [-0.4, -0.2) is 36.0 Å². The molecule has 2 N–H and O–H groups in total. The van der Waals surface area contributed by atoms with Gasteiger partial charge in [0.15, 0.2) is 6.10 Å². The van der Waals surface area contributed by atoms with Crippen LogP contribution >= 0.6 is 0 Å². The molecule has 0 aromatic heterocycles. The highest BCUT2D eigenvalue weighted by Gasteiger charge is 2.22. The van der Waals surface area contributed by atoms with Crippen molar-refractivity contribution in [1.82, 2.24) is 5.32 Å². The molecule has 0 saturated heterocycles. The van der Waals surface area contributed by atoms with Crippen molar-refractivity contribution in [2.45, 2.75) is 32.9 Å². The van der Waals surface area contributed by atoms with Gasteiger partial charge in [-0.1, -0.05) is 0 Å². The highest BCUT2D eigenvalue weighted by atomic mass is 16.6. The standard InChI is InChI=1S/C14H19N3O5/c1-8(2)16-13(18)9(3)22-14(19)10-5-6-11(15-4)12(7-10)17(20)21/h5-9,15H,1-4H3,(H,16,18)/t9-/m1/s1. The maximum absolute atomic E-state index is 12.0. The quantitative estimate of drug-likeness (QED) is 0.470. The highest BCUT2D eigenvalue weighted by molar-refractivity contribution is 5.93. The van der Waals surface area contributed by atoms with Crippen molar-refractivity contribution in [2.24, 2.45) is 0 Å². The van der Waals surface area contributed by atoms with E-state index in [-0.39, 0.29) is 23.0 Å². The number of hydrogen-bond acceptors (Lipinski definition) is 6. The van der Waals surface area contributed by atoms with Crippen molar-refractivity contribution in [1.29, 1.82) is 0 Å². The van der Waals surface area contributed by atoms with Crippen LogP contribution in [0.15, 0.2) is 18.2 Å². The van der Waals surface area contributed by atoms with Crippen LogP contribution in [0.2, 0.25) is 0 Å². The van der Waals surface area contributed by atoms with Crippen molar-refractivity contribution >= 4 is 23.3 Å². The molecule has 22 heavy (non-hydrogen) atoms. The van der Waals surface area contributed by atoms with Gasteiger partial charge >= 0.3 is 5.97 Å². The molecule has 1 aromatic carbocycles. The fourth-order valence-electron chi connectivity index (χ4n) is 1.71. The minimum absolute atomic E-state index is 0.00916. The molecule has 0 heterocycles. The largest absolute Gasteiger partial charge is 0.449 e. The Balaban J connectivity index is 2.88. The predicted molar refractivity (Wildman–Crippen MR) is 80.8 cm³/mol. The molecule has 0 aliphatic heterocycles. The molecule has 0 bridgehead atoms. The number of nitrogens with zero attached hydrogens (tertiary/aromatic N) is 1. The smallest absolute Gasteiger partial charge is 0.339 e. The molecule has 8 heteroatoms. The lowest BCUT2D eigenvalue weighted by Gasteiger charge is -2.15. The van der Waals surface area contributed by atoms with E-state index in [1.807, 2.05) is 0 Å². The lowest BCUT2D eigenvalue weighted by molar-refractivity contribution is -0.384. The topological polar surface area (TPSA) is 111 Å². The summed E-state index contributed by atoms with van der Waals surface area (Å²) in [7, 11) is 1.54. The summed E-state index contributed by atoms with van der Waals surface area (Å²) >= 11 is 0. The Morgan fingerprint density at radius 3 is 2.41 bits per heavy atom. The summed E-state index contributed by atoms with van der Waals surface area (Å²) < 4.78 is 5.01. The normalized spacial score (nSPS) is 11.7. The Morgan fingerprint density at radius 2 is 1.91 bits per heavy atom. The Bertz CT molecular complexity index is 586. The van der Waals surface area contributed by atoms with Gasteiger partial charge in [-0.15, -0.1) is 0 Å². The Labute approximate surface area is 128 Å². The van der Waals surface area contributed by atoms with Crippen LogP contribution in [0, 0.1) is 10.1 Å². The lowest BCUT2D eigenvalue weighted by atomic mass is 10.1. The minimum atomic E-state index is -0.988. The van der Waals surface area contributed by atoms with Crippen LogP contribution in [0.3, 0.4) is 0 Å². The molecule has 8 nitrogen and oxygen atoms in total. The van der Waals surface area contributed by atoms with E-state index in [1.165, 1.54) is 19.1 Å². The summed E-state index contributed by atoms with van der Waals surface area (Å²) in [6.07, 6.45) is -0.988. The first-order valence-electron chi connectivity index (χ1n) is 6.73. The summed E-state index contributed by atoms with van der Waals surface area (Å²) in [6, 6.07) is 3.84. The maximum atomic E-state index is 12.0. The van der Waals surface area contributed by atoms with Crippen molar-refractivity contribution < 1.29 is 19.2 Å². The minimum Gasteiger partial charge on any atom is -0.449 e. The average Bonchev–Trinajstić information content (AvgIpc) is 2.45. The van der Waals surface area contributed by atoms with E-state index in [9.17, 15) is 19.7 Å². The number of esters is 1. The molecular formula is C14H19N3O5. The Hall–Kier alpha value is -2.64. The van der Waals surface area contributed by atoms with Crippen LogP contribution < -0.4 is 10.6 Å². The van der Waals surface area contributed by atoms with E-state index in [2.05, 4.69) is 10.6 Å². The van der Waals surface area contributed by atoms with Crippen molar-refractivity contribution in [3.63, 3.8) is 0 Å². The molecule has 0 aliphatic carbocycles. The third-order valence-electron chi connectivity index (χ3n) is 2.78. The van der Waals surface area contributed by atoms with Gasteiger partial charge in [0.25, 0.3) is 11.6 Å². The number of carbonyl (C=O) groups is 2. The number of nitrogens with one attached hydrogen (secondary N) is 2. The molecule has 1 atom stereocenters. The Morgan fingerprint density at radius 1 is 1.27 bits per heavy atom. The zero-order chi connectivity index (χ0) is 16.9. The first-order valence-corrected chi connectivity index (χ1v) is 6.73. The van der Waals surface area contributed by atoms with Gasteiger partial charge in [0.1, 0.15) is 5.69 Å². The molecule has 0 spiro atoms. The summed E-state index contributed by atoms with van der Waals surface area (Å²) in [5.74, 6) is -1.22. The molecular weight excluding hydrogens is 290 g/mol. The van der Waals surface area contributed by atoms with Crippen molar-refractivity contribution in [3.05, 3.63) is 33.9 Å². The lowest BCUT2D eigenvalue weighted by Crippen LogP contribution is -2.39. The van der Waals surface area contributed by atoms with Gasteiger partial charge in [-0.3, -0.25) is 14.9 Å². The predicted octanol–water partition coefficient (Wildman–Crippen LogP) is 1.71. The molecule has 1 aromatic rings. The van der Waals surface area contributed by atoms with Gasteiger partial charge in [-0.25, -0.2) is 4.79 Å². The van der Waals surface area contributed by atoms with Gasteiger partial charge in [-0.05, 0) is 32.9 Å². The van der Waals surface area contributed by atoms with E-state index >= 15 is 0 Å². The number of rotatable bonds is 6. The zero-order valence-electron chi connectivity index (χ0n) is 12.9. The molecule has 1 rings (SSSR count). The first kappa shape index (κ1) is 17.4. The van der Waals surface area contributed by atoms with Gasteiger partial charge in [0, 0.05) is 19.2 Å². The fraction of sp³-hybridized carbons (Fsp3) is 0.429. The van der Waals surface area contributed by atoms with Crippen molar-refractivity contribution in [2.75, 3.05) is 12.4 Å². The molecule has 0 aliphatic rings. The molecule has 0 unspecified atom stereocenters. The highest BCUT2D eigenvalue weighted by Crippen LogP contribution is 2.25. The summed E-state index contributed by atoms with van der Waals surface area (Å²) in [5.41, 5.74) is 0.0540. The maximum Gasteiger partial charge on any atom is 0.339 e. The number of hydrogen-bond donors (Lipinski definition) is 2. The first-order chi connectivity index (χ1) is 10.3. The van der Waals surface area contributed by atoms with E-state index < -0.39 is 22.9 Å². The molecule has 120 valence electrons. The number of anilines is 1. The van der Waals surface area contributed by atoms with Gasteiger partial charge in [0.05, 0.1) is 10.5 Å². The summed E-state index contributed by atoms with van der Waals surface area (Å²) in [4.78, 5) is 34.0. The number of ether oxygens (including phenoxy) is 1. The number of amides is 1. The van der Waals surface area contributed by atoms with Crippen molar-refractivity contribution in [3.8, 4) is 0 Å². The monoisotopic (exact) mass is 309 g/mol. The summed E-state index contributed by atoms with van der Waals surface area (Å²) in [6.45, 7) is 5.00. The molecule has 0 fully saturated rings. The van der Waals surface area contributed by atoms with E-state index in [0.29, 0.717) is 0 Å². The third-order valence-corrected chi connectivity index (χ3v) is 2.78. The number of carbonyl (C=O) groups excluding carboxylic acids is 2. The molecule has 1 amide bonds. The van der Waals surface area contributed by atoms with E-state index in [1.54, 1.807) is 20.9 Å². The van der Waals surface area contributed by atoms with Crippen LogP contribution in [0.25, 0.3) is 0 Å². The second-order valence-electron chi connectivity index (χ2n) is 4.95. The van der Waals surface area contributed by atoms with E-state index in [0.717, 1.165) is 6.07 Å². The zero-order valence-corrected chi connectivity index (χ0v) is 12.9. The van der Waals surface area contributed by atoms with Gasteiger partial charge in [0.2, 0.25) is 0 Å². The van der Waals surface area contributed by atoms with E-state index in [4.69, 9.17) is 4.74 Å². The summed E-state index contributed by atoms with van der Waals surface area (Å²) in [5, 5.41) is 16.2. The van der Waals surface area contributed by atoms with Gasteiger partial charge < -0.3 is 15.4 Å². The average molecular weight is 309 g/mol. The van der Waals surface area contributed by atoms with Gasteiger partial charge in [-0.2, -0.15) is 0 Å². The van der Waals surface area contributed by atoms with Crippen LogP contribution in [0.1, 0.15) is 31.1 Å². The molecule has 0 radical (unpaired) electrons. The number of benzene rings is 1.